The van der Waals surface area contributed by atoms with Crippen LogP contribution in [-0.2, 0) is 17.9 Å². The Morgan fingerprint density at radius 3 is 2.75 bits per heavy atom. The molecule has 0 amide bonds. The number of hydrogen-bond donors (Lipinski definition) is 1. The predicted molar refractivity (Wildman–Crippen MR) is 52.5 cm³/mol. The Labute approximate surface area is 80.8 Å². The van der Waals surface area contributed by atoms with E-state index in [1.54, 1.807) is 0 Å². The van der Waals surface area contributed by atoms with Crippen molar-refractivity contribution < 1.29 is 4.84 Å². The van der Waals surface area contributed by atoms with Crippen molar-refractivity contribution in [1.82, 2.24) is 0 Å². The molecule has 12 heavy (non-hydrogen) atoms. The van der Waals surface area contributed by atoms with Gasteiger partial charge in [0.05, 0.1) is 6.61 Å². The first-order chi connectivity index (χ1) is 5.77. The van der Waals surface area contributed by atoms with Gasteiger partial charge in [0.2, 0.25) is 0 Å². The Hall–Kier alpha value is -0.380. The van der Waals surface area contributed by atoms with E-state index in [0.717, 1.165) is 16.5 Å². The summed E-state index contributed by atoms with van der Waals surface area (Å²) in [4.78, 5) is 4.54. The van der Waals surface area contributed by atoms with Gasteiger partial charge in [-0.1, -0.05) is 35.0 Å². The molecule has 3 heteroatoms. The maximum Gasteiger partial charge on any atom is 0.0930 e. The maximum absolute atomic E-state index is 4.97. The summed E-state index contributed by atoms with van der Waals surface area (Å²) in [5, 5.41) is 0. The van der Waals surface area contributed by atoms with Gasteiger partial charge in [0.25, 0.3) is 0 Å². The van der Waals surface area contributed by atoms with E-state index >= 15 is 0 Å². The molecule has 0 saturated carbocycles. The van der Waals surface area contributed by atoms with E-state index in [2.05, 4.69) is 33.8 Å². The number of benzene rings is 1. The van der Waals surface area contributed by atoms with Gasteiger partial charge in [0.15, 0.2) is 0 Å². The van der Waals surface area contributed by atoms with Crippen LogP contribution in [0.1, 0.15) is 18.1 Å². The fraction of sp³-hybridized carbons (Fsp3) is 0.333. The van der Waals surface area contributed by atoms with Crippen molar-refractivity contribution >= 4 is 15.9 Å². The number of hydrogen-bond acceptors (Lipinski definition) is 2. The molecule has 2 N–H and O–H groups in total. The van der Waals surface area contributed by atoms with Gasteiger partial charge in [-0.15, -0.1) is 0 Å². The van der Waals surface area contributed by atoms with Crippen LogP contribution in [-0.4, -0.2) is 0 Å². The number of nitrogens with two attached hydrogens (primary N) is 1. The summed E-state index contributed by atoms with van der Waals surface area (Å²) in [6.07, 6.45) is 1.03. The molecule has 66 valence electrons. The minimum Gasteiger partial charge on any atom is -0.300 e. The Balaban J connectivity index is 2.86. The van der Waals surface area contributed by atoms with Gasteiger partial charge in [0, 0.05) is 4.47 Å². The first-order valence-corrected chi connectivity index (χ1v) is 4.66. The van der Waals surface area contributed by atoms with Crippen molar-refractivity contribution in [2.75, 3.05) is 0 Å². The van der Waals surface area contributed by atoms with E-state index in [4.69, 9.17) is 5.90 Å². The van der Waals surface area contributed by atoms with Crippen LogP contribution in [0.25, 0.3) is 0 Å². The number of aryl methyl sites for hydroxylation is 1. The fourth-order valence-electron chi connectivity index (χ4n) is 1.06. The van der Waals surface area contributed by atoms with Crippen LogP contribution in [0.5, 0.6) is 0 Å². The first-order valence-electron chi connectivity index (χ1n) is 3.87. The topological polar surface area (TPSA) is 35.2 Å². The van der Waals surface area contributed by atoms with Crippen molar-refractivity contribution in [1.29, 1.82) is 0 Å². The van der Waals surface area contributed by atoms with E-state index in [-0.39, 0.29) is 0 Å². The van der Waals surface area contributed by atoms with Crippen LogP contribution in [0.2, 0.25) is 0 Å². The molecular formula is C9H12BrNO. The van der Waals surface area contributed by atoms with Crippen molar-refractivity contribution in [3.63, 3.8) is 0 Å². The maximum atomic E-state index is 4.97. The van der Waals surface area contributed by atoms with Gasteiger partial charge in [-0.25, -0.2) is 5.90 Å². The second kappa shape index (κ2) is 4.60. The summed E-state index contributed by atoms with van der Waals surface area (Å²) in [5.74, 6) is 4.97. The van der Waals surface area contributed by atoms with E-state index in [1.807, 2.05) is 12.1 Å². The van der Waals surface area contributed by atoms with Crippen molar-refractivity contribution in [3.8, 4) is 0 Å². The van der Waals surface area contributed by atoms with Gasteiger partial charge < -0.3 is 0 Å². The van der Waals surface area contributed by atoms with Crippen LogP contribution in [0.3, 0.4) is 0 Å². The highest BCUT2D eigenvalue weighted by atomic mass is 79.9. The smallest absolute Gasteiger partial charge is 0.0930 e. The first kappa shape index (κ1) is 9.71. The minimum absolute atomic E-state index is 0.461. The molecule has 0 saturated heterocycles. The van der Waals surface area contributed by atoms with Crippen LogP contribution in [0.15, 0.2) is 22.7 Å². The SMILES string of the molecule is CCc1ccc(CON)cc1Br. The molecule has 1 aromatic carbocycles. The Morgan fingerprint density at radius 2 is 2.25 bits per heavy atom. The van der Waals surface area contributed by atoms with Crippen LogP contribution in [0.4, 0.5) is 0 Å². The summed E-state index contributed by atoms with van der Waals surface area (Å²) in [6, 6.07) is 6.14. The van der Waals surface area contributed by atoms with Gasteiger partial charge in [-0.05, 0) is 23.6 Å². The van der Waals surface area contributed by atoms with Gasteiger partial charge in [-0.2, -0.15) is 0 Å². The second-order valence-corrected chi connectivity index (χ2v) is 3.44. The lowest BCUT2D eigenvalue weighted by atomic mass is 10.1. The Kier molecular flexibility index (Phi) is 3.72. The number of rotatable bonds is 3. The molecular weight excluding hydrogens is 218 g/mol. The third kappa shape index (κ3) is 2.30. The quantitative estimate of drug-likeness (QED) is 0.809. The molecule has 1 rings (SSSR count). The molecule has 0 spiro atoms. The molecule has 2 nitrogen and oxygen atoms in total. The standard InChI is InChI=1S/C9H12BrNO/c1-2-8-4-3-7(6-12-11)5-9(8)10/h3-5H,2,6,11H2,1H3. The fourth-order valence-corrected chi connectivity index (χ4v) is 1.77. The van der Waals surface area contributed by atoms with E-state index in [1.165, 1.54) is 5.56 Å². The highest BCUT2D eigenvalue weighted by molar-refractivity contribution is 9.10. The minimum atomic E-state index is 0.461. The Morgan fingerprint density at radius 1 is 1.50 bits per heavy atom. The molecule has 1 aromatic rings. The van der Waals surface area contributed by atoms with Crippen molar-refractivity contribution in [2.24, 2.45) is 5.90 Å². The third-order valence-electron chi connectivity index (χ3n) is 1.75. The second-order valence-electron chi connectivity index (χ2n) is 2.59. The molecule has 0 radical (unpaired) electrons. The zero-order valence-electron chi connectivity index (χ0n) is 7.01. The average molecular weight is 230 g/mol. The van der Waals surface area contributed by atoms with Gasteiger partial charge >= 0.3 is 0 Å². The molecule has 0 aliphatic rings. The molecule has 0 aromatic heterocycles. The molecule has 0 unspecified atom stereocenters. The molecule has 0 aliphatic heterocycles. The average Bonchev–Trinajstić information content (AvgIpc) is 2.05. The molecule has 0 aliphatic carbocycles. The normalized spacial score (nSPS) is 10.2. The highest BCUT2D eigenvalue weighted by Gasteiger charge is 1.98. The third-order valence-corrected chi connectivity index (χ3v) is 2.49. The van der Waals surface area contributed by atoms with Gasteiger partial charge in [-0.3, -0.25) is 4.84 Å². The number of halogens is 1. The van der Waals surface area contributed by atoms with Crippen molar-refractivity contribution in [2.45, 2.75) is 20.0 Å². The monoisotopic (exact) mass is 229 g/mol. The summed E-state index contributed by atoms with van der Waals surface area (Å²) in [5.41, 5.74) is 2.39. The summed E-state index contributed by atoms with van der Waals surface area (Å²) in [7, 11) is 0. The van der Waals surface area contributed by atoms with Crippen LogP contribution < -0.4 is 5.90 Å². The van der Waals surface area contributed by atoms with Crippen LogP contribution in [0, 0.1) is 0 Å². The summed E-state index contributed by atoms with van der Waals surface area (Å²) >= 11 is 3.48. The zero-order chi connectivity index (χ0) is 8.97. The zero-order valence-corrected chi connectivity index (χ0v) is 8.60. The molecule has 0 atom stereocenters. The van der Waals surface area contributed by atoms with Crippen LogP contribution >= 0.6 is 15.9 Å². The lowest BCUT2D eigenvalue weighted by molar-refractivity contribution is 0.124. The predicted octanol–water partition coefficient (Wildman–Crippen LogP) is 2.40. The molecule has 0 fully saturated rings. The molecule has 0 heterocycles. The lowest BCUT2D eigenvalue weighted by Gasteiger charge is -2.03. The lowest BCUT2D eigenvalue weighted by Crippen LogP contribution is -1.99. The molecule has 0 bridgehead atoms. The van der Waals surface area contributed by atoms with Gasteiger partial charge in [0.1, 0.15) is 0 Å². The largest absolute Gasteiger partial charge is 0.300 e. The van der Waals surface area contributed by atoms with E-state index in [0.29, 0.717) is 6.61 Å². The Bertz CT molecular complexity index is 263. The summed E-state index contributed by atoms with van der Waals surface area (Å²) < 4.78 is 1.12. The van der Waals surface area contributed by atoms with Crippen molar-refractivity contribution in [3.05, 3.63) is 33.8 Å². The summed E-state index contributed by atoms with van der Waals surface area (Å²) in [6.45, 7) is 2.59. The van der Waals surface area contributed by atoms with E-state index in [9.17, 15) is 0 Å². The highest BCUT2D eigenvalue weighted by Crippen LogP contribution is 2.19. The van der Waals surface area contributed by atoms with E-state index < -0.39 is 0 Å².